The van der Waals surface area contributed by atoms with Crippen LogP contribution in [0.1, 0.15) is 12.5 Å². The number of primary sulfonamides is 1. The van der Waals surface area contributed by atoms with Crippen LogP contribution in [0.4, 0.5) is 0 Å². The van der Waals surface area contributed by atoms with Crippen molar-refractivity contribution in [1.82, 2.24) is 4.57 Å². The van der Waals surface area contributed by atoms with Gasteiger partial charge in [-0.05, 0) is 55.0 Å². The summed E-state index contributed by atoms with van der Waals surface area (Å²) in [6.07, 6.45) is 0.372. The number of furan rings is 1. The molecule has 0 amide bonds. The Hall–Kier alpha value is -2.12. The summed E-state index contributed by atoms with van der Waals surface area (Å²) in [5, 5.41) is 5.10. The Morgan fingerprint density at radius 1 is 1.13 bits per heavy atom. The molecule has 3 aromatic rings. The molecule has 1 fully saturated rings. The Labute approximate surface area is 181 Å². The molecule has 1 atom stereocenters. The third-order valence-electron chi connectivity index (χ3n) is 4.78. The predicted molar refractivity (Wildman–Crippen MR) is 116 cm³/mol. The molecule has 3 heterocycles. The molecular formula is C18H16N2O6S4. The van der Waals surface area contributed by atoms with Gasteiger partial charge >= 0.3 is 0 Å². The zero-order valence-electron chi connectivity index (χ0n) is 15.3. The number of aromatic nitrogens is 1. The van der Waals surface area contributed by atoms with Gasteiger partial charge in [0.2, 0.25) is 10.0 Å². The molecule has 30 heavy (non-hydrogen) atoms. The standard InChI is InChI=1S/C18H16N2O6S4/c19-30(24,25)13-3-1-11(2-4-13)14-5-6-15(26-14)16-9-17(21)20(18(27)28-16)12-7-8-29(22,23)10-12/h1-6,9,12H,7-8,10H2,(H2,19,24,25). The van der Waals surface area contributed by atoms with Crippen LogP contribution in [-0.2, 0) is 19.9 Å². The number of hydrogen-bond donors (Lipinski definition) is 1. The molecule has 0 aliphatic carbocycles. The van der Waals surface area contributed by atoms with E-state index in [4.69, 9.17) is 21.8 Å². The Kier molecular flexibility index (Phi) is 5.31. The van der Waals surface area contributed by atoms with Gasteiger partial charge in [-0.25, -0.2) is 22.0 Å². The number of sulfonamides is 1. The van der Waals surface area contributed by atoms with E-state index in [1.54, 1.807) is 24.3 Å². The number of sulfone groups is 1. The number of benzene rings is 1. The minimum absolute atomic E-state index is 0.00598. The Morgan fingerprint density at radius 3 is 2.37 bits per heavy atom. The van der Waals surface area contributed by atoms with Crippen molar-refractivity contribution >= 4 is 43.4 Å². The first kappa shape index (κ1) is 21.1. The minimum Gasteiger partial charge on any atom is -0.455 e. The topological polar surface area (TPSA) is 129 Å². The molecule has 0 saturated carbocycles. The van der Waals surface area contributed by atoms with Gasteiger partial charge in [0, 0.05) is 11.6 Å². The molecule has 1 saturated heterocycles. The first-order chi connectivity index (χ1) is 14.0. The van der Waals surface area contributed by atoms with Gasteiger partial charge in [0.15, 0.2) is 13.8 Å². The second kappa shape index (κ2) is 7.54. The molecule has 12 heteroatoms. The molecule has 8 nitrogen and oxygen atoms in total. The number of nitrogens with two attached hydrogens (primary N) is 1. The fourth-order valence-electron chi connectivity index (χ4n) is 3.31. The summed E-state index contributed by atoms with van der Waals surface area (Å²) >= 11 is 6.53. The van der Waals surface area contributed by atoms with E-state index in [0.29, 0.717) is 28.4 Å². The fourth-order valence-corrected chi connectivity index (χ4v) is 6.93. The van der Waals surface area contributed by atoms with Crippen molar-refractivity contribution in [1.29, 1.82) is 0 Å². The fraction of sp³-hybridized carbons (Fsp3) is 0.222. The third-order valence-corrected chi connectivity index (χ3v) is 8.81. The van der Waals surface area contributed by atoms with Crippen LogP contribution in [0.25, 0.3) is 22.0 Å². The SMILES string of the molecule is NS(=O)(=O)c1ccc(-c2ccc(-c3cc(=O)n(C4CCS(=O)(=O)C4)c(=S)s3)o2)cc1. The molecule has 0 bridgehead atoms. The number of hydrogen-bond acceptors (Lipinski definition) is 8. The van der Waals surface area contributed by atoms with Crippen molar-refractivity contribution in [3.8, 4) is 22.0 Å². The monoisotopic (exact) mass is 484 g/mol. The molecule has 0 spiro atoms. The summed E-state index contributed by atoms with van der Waals surface area (Å²) in [5.74, 6) is 0.883. The van der Waals surface area contributed by atoms with Crippen LogP contribution in [0.2, 0.25) is 0 Å². The normalized spacial score (nSPS) is 18.5. The van der Waals surface area contributed by atoms with Crippen molar-refractivity contribution in [2.24, 2.45) is 5.14 Å². The largest absolute Gasteiger partial charge is 0.455 e. The van der Waals surface area contributed by atoms with Crippen LogP contribution in [0.3, 0.4) is 0 Å². The van der Waals surface area contributed by atoms with E-state index in [1.165, 1.54) is 34.1 Å². The Balaban J connectivity index is 1.66. The maximum Gasteiger partial charge on any atom is 0.254 e. The molecule has 1 aliphatic rings. The molecule has 2 N–H and O–H groups in total. The number of nitrogens with zero attached hydrogens (tertiary/aromatic N) is 1. The molecule has 4 rings (SSSR count). The van der Waals surface area contributed by atoms with E-state index in [1.807, 2.05) is 0 Å². The van der Waals surface area contributed by atoms with E-state index in [9.17, 15) is 21.6 Å². The molecule has 2 aromatic heterocycles. The highest BCUT2D eigenvalue weighted by Gasteiger charge is 2.30. The van der Waals surface area contributed by atoms with E-state index >= 15 is 0 Å². The van der Waals surface area contributed by atoms with Gasteiger partial charge in [0.1, 0.15) is 11.5 Å². The van der Waals surface area contributed by atoms with Gasteiger partial charge in [0.25, 0.3) is 5.56 Å². The average Bonchev–Trinajstić information content (AvgIpc) is 3.27. The van der Waals surface area contributed by atoms with Crippen molar-refractivity contribution < 1.29 is 21.3 Å². The molecule has 0 radical (unpaired) electrons. The summed E-state index contributed by atoms with van der Waals surface area (Å²) in [7, 11) is -6.93. The van der Waals surface area contributed by atoms with Crippen molar-refractivity contribution in [3.05, 3.63) is 56.8 Å². The van der Waals surface area contributed by atoms with Crippen LogP contribution in [0.15, 0.2) is 56.6 Å². The first-order valence-electron chi connectivity index (χ1n) is 8.74. The molecular weight excluding hydrogens is 468 g/mol. The van der Waals surface area contributed by atoms with Crippen molar-refractivity contribution in [2.75, 3.05) is 11.5 Å². The van der Waals surface area contributed by atoms with E-state index in [0.717, 1.165) is 0 Å². The minimum atomic E-state index is -3.78. The molecule has 1 aromatic carbocycles. The van der Waals surface area contributed by atoms with Crippen LogP contribution in [0.5, 0.6) is 0 Å². The predicted octanol–water partition coefficient (Wildman–Crippen LogP) is 2.57. The maximum atomic E-state index is 12.6. The highest BCUT2D eigenvalue weighted by atomic mass is 32.2. The quantitative estimate of drug-likeness (QED) is 0.563. The smallest absolute Gasteiger partial charge is 0.254 e. The van der Waals surface area contributed by atoms with Crippen LogP contribution in [-0.4, -0.2) is 32.9 Å². The second-order valence-electron chi connectivity index (χ2n) is 6.87. The third kappa shape index (κ3) is 4.18. The molecule has 1 aliphatic heterocycles. The first-order valence-corrected chi connectivity index (χ1v) is 13.3. The lowest BCUT2D eigenvalue weighted by molar-refractivity contribution is 0.538. The Bertz CT molecular complexity index is 1420. The lowest BCUT2D eigenvalue weighted by Gasteiger charge is -2.12. The van der Waals surface area contributed by atoms with Gasteiger partial charge < -0.3 is 4.42 Å². The zero-order valence-corrected chi connectivity index (χ0v) is 18.6. The van der Waals surface area contributed by atoms with Gasteiger partial charge in [-0.2, -0.15) is 0 Å². The van der Waals surface area contributed by atoms with E-state index in [2.05, 4.69) is 0 Å². The highest BCUT2D eigenvalue weighted by Crippen LogP contribution is 2.32. The molecule has 1 unspecified atom stereocenters. The second-order valence-corrected chi connectivity index (χ2v) is 12.3. The van der Waals surface area contributed by atoms with Crippen LogP contribution >= 0.6 is 23.6 Å². The maximum absolute atomic E-state index is 12.6. The van der Waals surface area contributed by atoms with E-state index in [-0.39, 0.29) is 25.9 Å². The van der Waals surface area contributed by atoms with Crippen molar-refractivity contribution in [3.63, 3.8) is 0 Å². The highest BCUT2D eigenvalue weighted by molar-refractivity contribution is 7.91. The van der Waals surface area contributed by atoms with Crippen LogP contribution in [0, 0.1) is 3.95 Å². The van der Waals surface area contributed by atoms with Crippen LogP contribution < -0.4 is 10.7 Å². The summed E-state index contributed by atoms with van der Waals surface area (Å²) < 4.78 is 53.7. The lowest BCUT2D eigenvalue weighted by atomic mass is 10.2. The van der Waals surface area contributed by atoms with Gasteiger partial charge in [-0.1, -0.05) is 0 Å². The average molecular weight is 485 g/mol. The summed E-state index contributed by atoms with van der Waals surface area (Å²) in [6, 6.07) is 10.2. The van der Waals surface area contributed by atoms with Gasteiger partial charge in [-0.15, -0.1) is 11.3 Å². The lowest BCUT2D eigenvalue weighted by Crippen LogP contribution is -2.25. The van der Waals surface area contributed by atoms with E-state index < -0.39 is 25.9 Å². The van der Waals surface area contributed by atoms with Gasteiger partial charge in [-0.3, -0.25) is 9.36 Å². The Morgan fingerprint density at radius 2 is 1.80 bits per heavy atom. The summed E-state index contributed by atoms with van der Waals surface area (Å²) in [4.78, 5) is 13.2. The summed E-state index contributed by atoms with van der Waals surface area (Å²) in [6.45, 7) is 0. The van der Waals surface area contributed by atoms with Crippen molar-refractivity contribution in [2.45, 2.75) is 17.4 Å². The molecule has 158 valence electrons. The van der Waals surface area contributed by atoms with Gasteiger partial charge in [0.05, 0.1) is 27.3 Å². The summed E-state index contributed by atoms with van der Waals surface area (Å²) in [5.41, 5.74) is 0.271. The zero-order chi connectivity index (χ0) is 21.7. The number of rotatable bonds is 4.